The van der Waals surface area contributed by atoms with E-state index in [0.717, 1.165) is 6.07 Å². The summed E-state index contributed by atoms with van der Waals surface area (Å²) in [7, 11) is 0. The van der Waals surface area contributed by atoms with Crippen LogP contribution in [0.1, 0.15) is 12.8 Å². The fraction of sp³-hybridized carbons (Fsp3) is 0.300. The smallest absolute Gasteiger partial charge is 0.303 e. The molecule has 2 N–H and O–H groups in total. The van der Waals surface area contributed by atoms with Crippen LogP contribution in [0.5, 0.6) is 5.75 Å². The molecule has 0 radical (unpaired) electrons. The first kappa shape index (κ1) is 13.6. The zero-order valence-corrected chi connectivity index (χ0v) is 9.58. The fourth-order valence-corrected chi connectivity index (χ4v) is 1.50. The molecular weight excluding hydrogens is 251 g/mol. The van der Waals surface area contributed by atoms with Gasteiger partial charge in [0.2, 0.25) is 0 Å². The zero-order valence-electron chi connectivity index (χ0n) is 8.76. The molecule has 1 atom stereocenters. The fourth-order valence-electron chi connectivity index (χ4n) is 1.11. The van der Waals surface area contributed by atoms with Crippen LogP contribution in [0.3, 0.4) is 0 Å². The molecule has 0 bridgehead atoms. The van der Waals surface area contributed by atoms with Crippen LogP contribution in [0.15, 0.2) is 23.1 Å². The third-order valence-electron chi connectivity index (χ3n) is 1.90. The van der Waals surface area contributed by atoms with E-state index in [0.29, 0.717) is 0 Å². The SMILES string of the molecule is O=C(O)CCCOc1ccc(S(=O)O)cc1F. The first-order valence-corrected chi connectivity index (χ1v) is 5.86. The van der Waals surface area contributed by atoms with Crippen LogP contribution >= 0.6 is 0 Å². The molecule has 0 heterocycles. The summed E-state index contributed by atoms with van der Waals surface area (Å²) >= 11 is -2.23. The van der Waals surface area contributed by atoms with Crippen LogP contribution in [-0.2, 0) is 15.9 Å². The predicted octanol–water partition coefficient (Wildman–Crippen LogP) is 1.65. The van der Waals surface area contributed by atoms with E-state index in [1.807, 2.05) is 0 Å². The Morgan fingerprint density at radius 3 is 2.71 bits per heavy atom. The topological polar surface area (TPSA) is 83.8 Å². The van der Waals surface area contributed by atoms with E-state index in [1.54, 1.807) is 0 Å². The summed E-state index contributed by atoms with van der Waals surface area (Å²) in [6.45, 7) is 0.0742. The minimum atomic E-state index is -2.23. The standard InChI is InChI=1S/C10H11FO5S/c11-8-6-7(17(14)15)3-4-9(8)16-5-1-2-10(12)13/h3-4,6H,1-2,5H2,(H,12,13)(H,14,15). The van der Waals surface area contributed by atoms with E-state index in [1.165, 1.54) is 12.1 Å². The number of hydrogen-bond acceptors (Lipinski definition) is 3. The van der Waals surface area contributed by atoms with Crippen molar-refractivity contribution in [3.63, 3.8) is 0 Å². The zero-order chi connectivity index (χ0) is 12.8. The molecule has 94 valence electrons. The number of aliphatic carboxylic acids is 1. The van der Waals surface area contributed by atoms with Gasteiger partial charge in [-0.05, 0) is 24.6 Å². The number of benzene rings is 1. The Bertz CT molecular complexity index is 435. The summed E-state index contributed by atoms with van der Waals surface area (Å²) in [5.41, 5.74) is 0. The Hall–Kier alpha value is -1.47. The molecule has 0 fully saturated rings. The van der Waals surface area contributed by atoms with E-state index < -0.39 is 22.9 Å². The number of rotatable bonds is 6. The summed E-state index contributed by atoms with van der Waals surface area (Å²) in [5.74, 6) is -1.76. The lowest BCUT2D eigenvalue weighted by Gasteiger charge is -2.06. The van der Waals surface area contributed by atoms with Crippen LogP contribution in [0.4, 0.5) is 4.39 Å². The molecular formula is C10H11FO5S. The van der Waals surface area contributed by atoms with Gasteiger partial charge in [-0.25, -0.2) is 8.60 Å². The molecule has 17 heavy (non-hydrogen) atoms. The average molecular weight is 262 g/mol. The Kier molecular flexibility index (Phi) is 5.05. The number of ether oxygens (including phenoxy) is 1. The molecule has 7 heteroatoms. The molecule has 5 nitrogen and oxygen atoms in total. The van der Waals surface area contributed by atoms with Crippen molar-refractivity contribution < 1.29 is 27.8 Å². The van der Waals surface area contributed by atoms with Crippen LogP contribution in [0.25, 0.3) is 0 Å². The summed E-state index contributed by atoms with van der Waals surface area (Å²) in [6, 6.07) is 3.41. The second-order valence-corrected chi connectivity index (χ2v) is 4.16. The maximum absolute atomic E-state index is 13.3. The monoisotopic (exact) mass is 262 g/mol. The van der Waals surface area contributed by atoms with Gasteiger partial charge in [0.1, 0.15) is 0 Å². The lowest BCUT2D eigenvalue weighted by molar-refractivity contribution is -0.137. The highest BCUT2D eigenvalue weighted by Gasteiger charge is 2.08. The molecule has 0 aliphatic rings. The Balaban J connectivity index is 2.54. The maximum atomic E-state index is 13.3. The van der Waals surface area contributed by atoms with Gasteiger partial charge < -0.3 is 14.4 Å². The van der Waals surface area contributed by atoms with Gasteiger partial charge >= 0.3 is 5.97 Å². The number of hydrogen-bond donors (Lipinski definition) is 2. The highest BCUT2D eigenvalue weighted by Crippen LogP contribution is 2.20. The van der Waals surface area contributed by atoms with Crippen molar-refractivity contribution in [3.05, 3.63) is 24.0 Å². The van der Waals surface area contributed by atoms with Crippen molar-refractivity contribution in [1.29, 1.82) is 0 Å². The van der Waals surface area contributed by atoms with Crippen molar-refractivity contribution in [1.82, 2.24) is 0 Å². The quantitative estimate of drug-likeness (QED) is 0.601. The van der Waals surface area contributed by atoms with Crippen LogP contribution in [-0.4, -0.2) is 26.4 Å². The molecule has 1 rings (SSSR count). The van der Waals surface area contributed by atoms with E-state index in [-0.39, 0.29) is 30.1 Å². The Morgan fingerprint density at radius 1 is 1.47 bits per heavy atom. The van der Waals surface area contributed by atoms with Gasteiger partial charge in [0.25, 0.3) is 0 Å². The number of carbonyl (C=O) groups is 1. The molecule has 1 aromatic rings. The predicted molar refractivity (Wildman–Crippen MR) is 57.8 cm³/mol. The summed E-state index contributed by atoms with van der Waals surface area (Å²) < 4.78 is 37.7. The van der Waals surface area contributed by atoms with Gasteiger partial charge in [0.15, 0.2) is 22.6 Å². The first-order chi connectivity index (χ1) is 8.00. The third kappa shape index (κ3) is 4.49. The summed E-state index contributed by atoms with van der Waals surface area (Å²) in [4.78, 5) is 10.2. The summed E-state index contributed by atoms with van der Waals surface area (Å²) in [6.07, 6.45) is 0.211. The van der Waals surface area contributed by atoms with Crippen molar-refractivity contribution in [3.8, 4) is 5.75 Å². The van der Waals surface area contributed by atoms with Crippen LogP contribution < -0.4 is 4.74 Å². The minimum absolute atomic E-state index is 0.0552. The highest BCUT2D eigenvalue weighted by molar-refractivity contribution is 7.79. The molecule has 0 amide bonds. The summed E-state index contributed by atoms with van der Waals surface area (Å²) in [5, 5.41) is 8.37. The molecule has 0 spiro atoms. The molecule has 0 aliphatic carbocycles. The first-order valence-electron chi connectivity index (χ1n) is 4.75. The van der Waals surface area contributed by atoms with Gasteiger partial charge in [-0.2, -0.15) is 0 Å². The van der Waals surface area contributed by atoms with Crippen LogP contribution in [0.2, 0.25) is 0 Å². The van der Waals surface area contributed by atoms with E-state index in [4.69, 9.17) is 14.4 Å². The van der Waals surface area contributed by atoms with Crippen molar-refractivity contribution in [2.24, 2.45) is 0 Å². The second kappa shape index (κ2) is 6.31. The Labute approximate surface area is 99.5 Å². The number of halogens is 1. The number of carboxylic acid groups (broad SMARTS) is 1. The van der Waals surface area contributed by atoms with Gasteiger partial charge in [-0.3, -0.25) is 4.79 Å². The maximum Gasteiger partial charge on any atom is 0.303 e. The molecule has 1 aromatic carbocycles. The average Bonchev–Trinajstić information content (AvgIpc) is 2.25. The Morgan fingerprint density at radius 2 is 2.18 bits per heavy atom. The third-order valence-corrected chi connectivity index (χ3v) is 2.55. The molecule has 1 unspecified atom stereocenters. The highest BCUT2D eigenvalue weighted by atomic mass is 32.2. The second-order valence-electron chi connectivity index (χ2n) is 3.19. The van der Waals surface area contributed by atoms with E-state index >= 15 is 0 Å². The molecule has 0 saturated heterocycles. The minimum Gasteiger partial charge on any atom is -0.491 e. The van der Waals surface area contributed by atoms with Crippen molar-refractivity contribution in [2.75, 3.05) is 6.61 Å². The van der Waals surface area contributed by atoms with Gasteiger partial charge in [-0.15, -0.1) is 0 Å². The largest absolute Gasteiger partial charge is 0.491 e. The molecule has 0 saturated carbocycles. The van der Waals surface area contributed by atoms with Crippen molar-refractivity contribution in [2.45, 2.75) is 17.7 Å². The van der Waals surface area contributed by atoms with Gasteiger partial charge in [-0.1, -0.05) is 0 Å². The van der Waals surface area contributed by atoms with E-state index in [9.17, 15) is 13.4 Å². The van der Waals surface area contributed by atoms with E-state index in [2.05, 4.69) is 0 Å². The lowest BCUT2D eigenvalue weighted by atomic mass is 10.3. The van der Waals surface area contributed by atoms with Gasteiger partial charge in [0.05, 0.1) is 11.5 Å². The normalized spacial score (nSPS) is 12.1. The lowest BCUT2D eigenvalue weighted by Crippen LogP contribution is -2.03. The van der Waals surface area contributed by atoms with Crippen molar-refractivity contribution >= 4 is 17.0 Å². The van der Waals surface area contributed by atoms with Gasteiger partial charge in [0, 0.05) is 6.42 Å². The molecule has 0 aromatic heterocycles. The number of carboxylic acids is 1. The van der Waals surface area contributed by atoms with Crippen LogP contribution in [0, 0.1) is 5.82 Å². The molecule has 0 aliphatic heterocycles.